The molecule has 1 N–H and O–H groups in total. The molecule has 0 aliphatic carbocycles. The van der Waals surface area contributed by atoms with Crippen molar-refractivity contribution < 1.29 is 4.74 Å². The number of piperidine rings is 1. The number of likely N-dealkylation sites (tertiary alicyclic amines) is 1. The fourth-order valence-electron chi connectivity index (χ4n) is 3.59. The summed E-state index contributed by atoms with van der Waals surface area (Å²) in [7, 11) is 2.15. The van der Waals surface area contributed by atoms with Crippen LogP contribution in [-0.4, -0.2) is 75.3 Å². The maximum Gasteiger partial charge on any atom is 0.193 e. The number of hydrogen-bond acceptors (Lipinski definition) is 3. The first kappa shape index (κ1) is 19.5. The van der Waals surface area contributed by atoms with Crippen molar-refractivity contribution in [1.29, 1.82) is 0 Å². The van der Waals surface area contributed by atoms with Gasteiger partial charge in [-0.05, 0) is 64.6 Å². The predicted octanol–water partition coefficient (Wildman–Crippen LogP) is 2.43. The van der Waals surface area contributed by atoms with E-state index in [1.54, 1.807) is 0 Å². The van der Waals surface area contributed by atoms with E-state index in [1.165, 1.54) is 51.7 Å². The van der Waals surface area contributed by atoms with Crippen molar-refractivity contribution in [2.24, 2.45) is 16.8 Å². The minimum atomic E-state index is 0.653. The van der Waals surface area contributed by atoms with Gasteiger partial charge in [0.25, 0.3) is 0 Å². The van der Waals surface area contributed by atoms with E-state index in [1.807, 2.05) is 0 Å². The van der Waals surface area contributed by atoms with Gasteiger partial charge in [-0.1, -0.05) is 6.92 Å². The van der Waals surface area contributed by atoms with Crippen LogP contribution in [0.3, 0.4) is 0 Å². The van der Waals surface area contributed by atoms with Crippen molar-refractivity contribution in [3.05, 3.63) is 0 Å². The Hall–Kier alpha value is -0.810. The molecule has 0 amide bonds. The Balaban J connectivity index is 1.64. The molecule has 0 saturated carbocycles. The Bertz CT molecular complexity index is 360. The van der Waals surface area contributed by atoms with Crippen molar-refractivity contribution >= 4 is 5.96 Å². The molecular formula is C19H38N4O. The first-order chi connectivity index (χ1) is 11.7. The minimum Gasteiger partial charge on any atom is -0.381 e. The van der Waals surface area contributed by atoms with Gasteiger partial charge in [0.05, 0.1) is 6.61 Å². The number of hydrogen-bond donors (Lipinski definition) is 1. The molecule has 2 aliphatic heterocycles. The highest BCUT2D eigenvalue weighted by atomic mass is 16.5. The third-order valence-corrected chi connectivity index (χ3v) is 5.27. The number of guanidine groups is 1. The van der Waals surface area contributed by atoms with Gasteiger partial charge < -0.3 is 19.9 Å². The maximum atomic E-state index is 5.48. The highest BCUT2D eigenvalue weighted by Crippen LogP contribution is 2.16. The van der Waals surface area contributed by atoms with Gasteiger partial charge in [-0.15, -0.1) is 0 Å². The average Bonchev–Trinajstić information content (AvgIpc) is 3.08. The summed E-state index contributed by atoms with van der Waals surface area (Å²) in [6, 6.07) is 0. The zero-order valence-corrected chi connectivity index (χ0v) is 16.1. The van der Waals surface area contributed by atoms with E-state index in [2.05, 4.69) is 36.0 Å². The number of aliphatic imine (C=N–C) groups is 1. The molecule has 2 rings (SSSR count). The van der Waals surface area contributed by atoms with Gasteiger partial charge >= 0.3 is 0 Å². The van der Waals surface area contributed by atoms with E-state index in [0.29, 0.717) is 5.92 Å². The Labute approximate surface area is 148 Å². The second-order valence-corrected chi connectivity index (χ2v) is 7.58. The monoisotopic (exact) mass is 338 g/mol. The Morgan fingerprint density at radius 1 is 1.25 bits per heavy atom. The van der Waals surface area contributed by atoms with Gasteiger partial charge in [-0.25, -0.2) is 0 Å². The van der Waals surface area contributed by atoms with Crippen LogP contribution in [0.5, 0.6) is 0 Å². The summed E-state index contributed by atoms with van der Waals surface area (Å²) in [4.78, 5) is 9.72. The SMILES string of the molecule is CCNC(=NCCCCN1CCC(C)CC1)N(C)CC1CCOC1. The van der Waals surface area contributed by atoms with Gasteiger partial charge in [0.1, 0.15) is 0 Å². The van der Waals surface area contributed by atoms with E-state index >= 15 is 0 Å². The molecule has 2 aliphatic rings. The molecule has 0 aromatic rings. The van der Waals surface area contributed by atoms with Crippen molar-refractivity contribution in [3.63, 3.8) is 0 Å². The third-order valence-electron chi connectivity index (χ3n) is 5.27. The van der Waals surface area contributed by atoms with Crippen LogP contribution in [0.2, 0.25) is 0 Å². The normalized spacial score (nSPS) is 23.6. The van der Waals surface area contributed by atoms with Crippen molar-refractivity contribution in [3.8, 4) is 0 Å². The Morgan fingerprint density at radius 3 is 2.71 bits per heavy atom. The smallest absolute Gasteiger partial charge is 0.193 e. The largest absolute Gasteiger partial charge is 0.381 e. The standard InChI is InChI=1S/C19H38N4O/c1-4-20-19(22(3)15-18-9-14-24-16-18)21-10-5-6-11-23-12-7-17(2)8-13-23/h17-18H,4-16H2,1-3H3,(H,20,21). The lowest BCUT2D eigenvalue weighted by Gasteiger charge is -2.30. The molecule has 1 unspecified atom stereocenters. The van der Waals surface area contributed by atoms with E-state index in [0.717, 1.165) is 44.7 Å². The second-order valence-electron chi connectivity index (χ2n) is 7.58. The molecule has 0 bridgehead atoms. The molecule has 1 atom stereocenters. The molecule has 0 aromatic heterocycles. The highest BCUT2D eigenvalue weighted by molar-refractivity contribution is 5.79. The van der Waals surface area contributed by atoms with E-state index in [9.17, 15) is 0 Å². The van der Waals surface area contributed by atoms with E-state index in [-0.39, 0.29) is 0 Å². The Morgan fingerprint density at radius 2 is 2.04 bits per heavy atom. The molecule has 5 heteroatoms. The summed E-state index contributed by atoms with van der Waals surface area (Å²) in [5, 5.41) is 3.43. The third kappa shape index (κ3) is 6.98. The van der Waals surface area contributed by atoms with Gasteiger partial charge in [-0.3, -0.25) is 4.99 Å². The predicted molar refractivity (Wildman–Crippen MR) is 102 cm³/mol. The van der Waals surface area contributed by atoms with E-state index in [4.69, 9.17) is 9.73 Å². The van der Waals surface area contributed by atoms with Crippen LogP contribution in [0.25, 0.3) is 0 Å². The summed E-state index contributed by atoms with van der Waals surface area (Å²) in [6.45, 7) is 13.1. The molecule has 0 radical (unpaired) electrons. The molecule has 140 valence electrons. The van der Waals surface area contributed by atoms with Crippen LogP contribution in [-0.2, 0) is 4.74 Å². The van der Waals surface area contributed by atoms with Crippen molar-refractivity contribution in [1.82, 2.24) is 15.1 Å². The maximum absolute atomic E-state index is 5.48. The van der Waals surface area contributed by atoms with Gasteiger partial charge in [0, 0.05) is 39.2 Å². The molecule has 0 aromatic carbocycles. The summed E-state index contributed by atoms with van der Waals surface area (Å²) in [6.07, 6.45) is 6.37. The number of rotatable bonds is 8. The van der Waals surface area contributed by atoms with Gasteiger partial charge in [-0.2, -0.15) is 0 Å². The minimum absolute atomic E-state index is 0.653. The molecule has 2 saturated heterocycles. The molecule has 0 spiro atoms. The Kier molecular flexibility index (Phi) is 8.89. The van der Waals surface area contributed by atoms with Crippen LogP contribution in [0.4, 0.5) is 0 Å². The average molecular weight is 339 g/mol. The first-order valence-electron chi connectivity index (χ1n) is 9.98. The summed E-state index contributed by atoms with van der Waals surface area (Å²) >= 11 is 0. The lowest BCUT2D eigenvalue weighted by molar-refractivity contribution is 0.181. The lowest BCUT2D eigenvalue weighted by atomic mass is 9.99. The lowest BCUT2D eigenvalue weighted by Crippen LogP contribution is -2.41. The zero-order valence-electron chi connectivity index (χ0n) is 16.1. The van der Waals surface area contributed by atoms with Crippen LogP contribution in [0, 0.1) is 11.8 Å². The van der Waals surface area contributed by atoms with Crippen LogP contribution in [0.1, 0.15) is 46.0 Å². The summed E-state index contributed by atoms with van der Waals surface area (Å²) in [5.41, 5.74) is 0. The van der Waals surface area contributed by atoms with Gasteiger partial charge in [0.2, 0.25) is 0 Å². The fourth-order valence-corrected chi connectivity index (χ4v) is 3.59. The van der Waals surface area contributed by atoms with Crippen LogP contribution < -0.4 is 5.32 Å². The second kappa shape index (κ2) is 10.9. The zero-order chi connectivity index (χ0) is 17.2. The number of nitrogens with zero attached hydrogens (tertiary/aromatic N) is 3. The highest BCUT2D eigenvalue weighted by Gasteiger charge is 2.19. The number of ether oxygens (including phenoxy) is 1. The summed E-state index contributed by atoms with van der Waals surface area (Å²) < 4.78 is 5.48. The van der Waals surface area contributed by atoms with Crippen LogP contribution >= 0.6 is 0 Å². The van der Waals surface area contributed by atoms with Crippen molar-refractivity contribution in [2.75, 3.05) is 59.5 Å². The fraction of sp³-hybridized carbons (Fsp3) is 0.947. The molecule has 24 heavy (non-hydrogen) atoms. The molecule has 2 fully saturated rings. The summed E-state index contributed by atoms with van der Waals surface area (Å²) in [5.74, 6) is 2.63. The molecular weight excluding hydrogens is 300 g/mol. The molecule has 2 heterocycles. The quantitative estimate of drug-likeness (QED) is 0.419. The number of nitrogens with one attached hydrogen (secondary N) is 1. The van der Waals surface area contributed by atoms with E-state index < -0.39 is 0 Å². The van der Waals surface area contributed by atoms with Gasteiger partial charge in [0.15, 0.2) is 5.96 Å². The van der Waals surface area contributed by atoms with Crippen molar-refractivity contribution in [2.45, 2.75) is 46.0 Å². The first-order valence-corrected chi connectivity index (χ1v) is 9.98. The topological polar surface area (TPSA) is 40.1 Å². The number of unbranched alkanes of at least 4 members (excludes halogenated alkanes) is 1. The van der Waals surface area contributed by atoms with Crippen LogP contribution in [0.15, 0.2) is 4.99 Å². The molecule has 5 nitrogen and oxygen atoms in total.